The van der Waals surface area contributed by atoms with Gasteiger partial charge in [-0.05, 0) is 62.6 Å². The highest BCUT2D eigenvalue weighted by Gasteiger charge is 2.43. The quantitative estimate of drug-likeness (QED) is 0.356. The molecule has 0 aromatic heterocycles. The second-order valence-corrected chi connectivity index (χ2v) is 9.61. The largest absolute Gasteiger partial charge is 0.573 e. The van der Waals surface area contributed by atoms with Gasteiger partial charge in [0.1, 0.15) is 11.5 Å². The van der Waals surface area contributed by atoms with Crippen LogP contribution in [0.3, 0.4) is 0 Å². The number of alkyl halides is 3. The number of nitrogens with zero attached hydrogens (tertiary/aromatic N) is 1. The summed E-state index contributed by atoms with van der Waals surface area (Å²) in [5.74, 6) is -0.0922. The molecule has 0 bridgehead atoms. The third-order valence-electron chi connectivity index (χ3n) is 6.75. The highest BCUT2D eigenvalue weighted by Crippen LogP contribution is 2.30. The van der Waals surface area contributed by atoms with Crippen molar-refractivity contribution in [3.8, 4) is 11.5 Å². The number of amides is 2. The number of benzene rings is 2. The van der Waals surface area contributed by atoms with E-state index in [4.69, 9.17) is 14.2 Å². The smallest absolute Gasteiger partial charge is 0.494 e. The van der Waals surface area contributed by atoms with Crippen LogP contribution in [0.4, 0.5) is 18.0 Å². The van der Waals surface area contributed by atoms with Crippen molar-refractivity contribution in [1.82, 2.24) is 10.2 Å². The number of nitrogens with one attached hydrogen (secondary N) is 1. The highest BCUT2D eigenvalue weighted by atomic mass is 19.4. The molecule has 2 atom stereocenters. The fourth-order valence-electron chi connectivity index (χ4n) is 4.64. The van der Waals surface area contributed by atoms with Gasteiger partial charge in [0.2, 0.25) is 0 Å². The van der Waals surface area contributed by atoms with E-state index in [1.54, 1.807) is 50.1 Å². The maximum absolute atomic E-state index is 12.5. The molecule has 11 heteroatoms. The molecule has 214 valence electrons. The van der Waals surface area contributed by atoms with Crippen LogP contribution in [0.15, 0.2) is 48.5 Å². The van der Waals surface area contributed by atoms with Gasteiger partial charge in [-0.25, -0.2) is 9.59 Å². The monoisotopic (exact) mass is 552 g/mol. The van der Waals surface area contributed by atoms with E-state index < -0.39 is 23.5 Å². The first-order chi connectivity index (χ1) is 18.4. The molecule has 2 amide bonds. The average Bonchev–Trinajstić information content (AvgIpc) is 3.14. The minimum absolute atomic E-state index is 0.227. The number of ether oxygens (including phenoxy) is 4. The summed E-state index contributed by atoms with van der Waals surface area (Å²) in [7, 11) is 1.69. The lowest BCUT2D eigenvalue weighted by molar-refractivity contribution is -0.274. The zero-order valence-corrected chi connectivity index (χ0v) is 22.6. The topological polar surface area (TPSA) is 86.3 Å². The molecule has 1 heterocycles. The molecule has 3 rings (SSSR count). The number of hydrogen-bond acceptors (Lipinski definition) is 6. The second-order valence-electron chi connectivity index (χ2n) is 9.61. The second kappa shape index (κ2) is 12.6. The van der Waals surface area contributed by atoms with Crippen LogP contribution >= 0.6 is 0 Å². The number of likely N-dealkylation sites (N-methyl/N-ethyl adjacent to an activating group) is 1. The van der Waals surface area contributed by atoms with Crippen LogP contribution in [0.2, 0.25) is 0 Å². The van der Waals surface area contributed by atoms with Crippen LogP contribution in [-0.4, -0.2) is 67.8 Å². The zero-order valence-electron chi connectivity index (χ0n) is 22.6. The van der Waals surface area contributed by atoms with Crippen molar-refractivity contribution in [2.45, 2.75) is 57.5 Å². The Morgan fingerprint density at radius 2 is 1.62 bits per heavy atom. The summed E-state index contributed by atoms with van der Waals surface area (Å²) in [6.45, 7) is 6.59. The Balaban J connectivity index is 1.63. The summed E-state index contributed by atoms with van der Waals surface area (Å²) >= 11 is 0. The van der Waals surface area contributed by atoms with E-state index in [1.165, 1.54) is 12.1 Å². The van der Waals surface area contributed by atoms with Crippen LogP contribution in [0, 0.1) is 0 Å². The van der Waals surface area contributed by atoms with Gasteiger partial charge in [-0.15, -0.1) is 13.2 Å². The third kappa shape index (κ3) is 8.01. The van der Waals surface area contributed by atoms with Gasteiger partial charge in [0.15, 0.2) is 5.60 Å². The van der Waals surface area contributed by atoms with Crippen molar-refractivity contribution in [3.05, 3.63) is 59.7 Å². The Kier molecular flexibility index (Phi) is 9.71. The Labute approximate surface area is 226 Å². The van der Waals surface area contributed by atoms with E-state index in [0.29, 0.717) is 44.8 Å². The lowest BCUT2D eigenvalue weighted by Gasteiger charge is -2.35. The number of rotatable bonds is 13. The van der Waals surface area contributed by atoms with Gasteiger partial charge in [-0.1, -0.05) is 24.3 Å². The molecule has 1 fully saturated rings. The number of halogens is 3. The summed E-state index contributed by atoms with van der Waals surface area (Å²) in [5.41, 5.74) is -0.0757. The van der Waals surface area contributed by atoms with E-state index in [0.717, 1.165) is 11.1 Å². The van der Waals surface area contributed by atoms with Crippen molar-refractivity contribution >= 4 is 12.0 Å². The first kappa shape index (κ1) is 30.1. The predicted octanol–water partition coefficient (Wildman–Crippen LogP) is 4.89. The van der Waals surface area contributed by atoms with Crippen LogP contribution in [-0.2, 0) is 27.1 Å². The van der Waals surface area contributed by atoms with Crippen molar-refractivity contribution < 1.29 is 41.7 Å². The number of esters is 1. The summed E-state index contributed by atoms with van der Waals surface area (Å²) in [5, 5.41) is 2.84. The Morgan fingerprint density at radius 3 is 2.15 bits per heavy atom. The molecule has 0 spiro atoms. The molecule has 2 aromatic rings. The number of urea groups is 1. The molecule has 1 N–H and O–H groups in total. The van der Waals surface area contributed by atoms with E-state index >= 15 is 0 Å². The fraction of sp³-hybridized carbons (Fsp3) is 0.500. The molecule has 1 saturated heterocycles. The van der Waals surface area contributed by atoms with Crippen LogP contribution in [0.1, 0.15) is 38.3 Å². The van der Waals surface area contributed by atoms with Crippen molar-refractivity contribution in [2.24, 2.45) is 0 Å². The normalized spacial score (nSPS) is 18.8. The van der Waals surface area contributed by atoms with Crippen molar-refractivity contribution in [2.75, 3.05) is 33.4 Å². The number of carbonyl (C=O) groups excluding carboxylic acids is 2. The number of carbonyl (C=O) groups is 2. The fourth-order valence-corrected chi connectivity index (χ4v) is 4.64. The summed E-state index contributed by atoms with van der Waals surface area (Å²) in [4.78, 5) is 26.3. The van der Waals surface area contributed by atoms with Gasteiger partial charge in [-0.2, -0.15) is 0 Å². The molecule has 1 aliphatic heterocycles. The summed E-state index contributed by atoms with van der Waals surface area (Å²) in [6.07, 6.45) is -3.52. The van der Waals surface area contributed by atoms with Gasteiger partial charge < -0.3 is 29.2 Å². The van der Waals surface area contributed by atoms with E-state index in [2.05, 4.69) is 10.1 Å². The maximum atomic E-state index is 12.5. The molecule has 39 heavy (non-hydrogen) atoms. The molecule has 0 saturated carbocycles. The Hall–Kier alpha value is -3.47. The van der Waals surface area contributed by atoms with E-state index in [9.17, 15) is 22.8 Å². The molecule has 2 unspecified atom stereocenters. The van der Waals surface area contributed by atoms with Gasteiger partial charge in [0, 0.05) is 33.0 Å². The van der Waals surface area contributed by atoms with Crippen LogP contribution in [0.25, 0.3) is 0 Å². The minimum Gasteiger partial charge on any atom is -0.494 e. The first-order valence-corrected chi connectivity index (χ1v) is 12.8. The third-order valence-corrected chi connectivity index (χ3v) is 6.75. The average molecular weight is 553 g/mol. The zero-order chi connectivity index (χ0) is 28.7. The standard InChI is InChI=1S/C28H35F3N2O6/c1-5-36-24(34)26(3,38-6-2)17-20-7-11-22(12-8-20)37-16-15-27(19-32-25(35)33(27)4)18-21-9-13-23(14-10-21)39-28(29,30)31/h7-14H,5-6,15-19H2,1-4H3,(H,32,35). The van der Waals surface area contributed by atoms with Crippen LogP contribution in [0.5, 0.6) is 11.5 Å². The molecule has 8 nitrogen and oxygen atoms in total. The molecular weight excluding hydrogens is 517 g/mol. The van der Waals surface area contributed by atoms with Crippen molar-refractivity contribution in [3.63, 3.8) is 0 Å². The molecular formula is C28H35F3N2O6. The summed E-state index contributed by atoms with van der Waals surface area (Å²) in [6, 6.07) is 12.8. The lowest BCUT2D eigenvalue weighted by Crippen LogP contribution is -2.47. The van der Waals surface area contributed by atoms with E-state index in [1.807, 2.05) is 19.1 Å². The minimum atomic E-state index is -4.76. The SMILES string of the molecule is CCOC(=O)C(C)(Cc1ccc(OCCC2(Cc3ccc(OC(F)(F)F)cc3)CNC(=O)N2C)cc1)OCC. The summed E-state index contributed by atoms with van der Waals surface area (Å²) < 4.78 is 58.2. The van der Waals surface area contributed by atoms with Gasteiger partial charge >= 0.3 is 18.4 Å². The molecule has 1 aliphatic rings. The predicted molar refractivity (Wildman–Crippen MR) is 138 cm³/mol. The van der Waals surface area contributed by atoms with Crippen LogP contribution < -0.4 is 14.8 Å². The highest BCUT2D eigenvalue weighted by molar-refractivity contribution is 5.79. The van der Waals surface area contributed by atoms with Gasteiger partial charge in [0.25, 0.3) is 0 Å². The van der Waals surface area contributed by atoms with E-state index in [-0.39, 0.29) is 18.4 Å². The Bertz CT molecular complexity index is 1110. The molecule has 2 aromatic carbocycles. The number of hydrogen-bond donors (Lipinski definition) is 1. The molecule has 0 aliphatic carbocycles. The maximum Gasteiger partial charge on any atom is 0.573 e. The van der Waals surface area contributed by atoms with Gasteiger partial charge in [0.05, 0.1) is 18.8 Å². The van der Waals surface area contributed by atoms with Gasteiger partial charge in [-0.3, -0.25) is 0 Å². The molecule has 0 radical (unpaired) electrons. The lowest BCUT2D eigenvalue weighted by atomic mass is 9.87. The van der Waals surface area contributed by atoms with Crippen molar-refractivity contribution in [1.29, 1.82) is 0 Å². The first-order valence-electron chi connectivity index (χ1n) is 12.8. The Morgan fingerprint density at radius 1 is 1.00 bits per heavy atom.